The highest BCUT2D eigenvalue weighted by Gasteiger charge is 2.24. The molecule has 0 fully saturated rings. The van der Waals surface area contributed by atoms with E-state index >= 15 is 0 Å². The zero-order valence-electron chi connectivity index (χ0n) is 16.1. The van der Waals surface area contributed by atoms with Gasteiger partial charge in [-0.2, -0.15) is 19.3 Å². The Morgan fingerprint density at radius 2 is 1.68 bits per heavy atom. The highest BCUT2D eigenvalue weighted by molar-refractivity contribution is 6.11. The van der Waals surface area contributed by atoms with Crippen molar-refractivity contribution < 1.29 is 18.3 Å². The number of ether oxygens (including phenoxy) is 1. The summed E-state index contributed by atoms with van der Waals surface area (Å²) in [5, 5.41) is 18.7. The van der Waals surface area contributed by atoms with E-state index in [1.807, 2.05) is 12.1 Å². The maximum Gasteiger partial charge on any atom is 0.387 e. The number of nitrogens with zero attached hydrogens (tertiary/aromatic N) is 3. The quantitative estimate of drug-likeness (QED) is 0.368. The molecule has 0 aromatic heterocycles. The maximum absolute atomic E-state index is 13.4. The molecule has 2 aromatic carbocycles. The number of nitriles is 2. The van der Waals surface area contributed by atoms with Gasteiger partial charge in [0.05, 0.1) is 11.4 Å². The van der Waals surface area contributed by atoms with E-state index in [0.717, 1.165) is 0 Å². The minimum absolute atomic E-state index is 0.0510. The molecule has 3 rings (SSSR count). The van der Waals surface area contributed by atoms with Crippen LogP contribution in [0, 0.1) is 22.7 Å². The largest absolute Gasteiger partial charge is 0.434 e. The fraction of sp³-hybridized carbons (Fsp3) is 0.0417. The molecule has 0 amide bonds. The molecular weight excluding hydrogens is 400 g/mol. The number of alkyl halides is 2. The maximum atomic E-state index is 13.4. The molecule has 152 valence electrons. The van der Waals surface area contributed by atoms with Crippen LogP contribution in [-0.4, -0.2) is 17.3 Å². The van der Waals surface area contributed by atoms with Crippen molar-refractivity contribution >= 4 is 11.9 Å². The molecule has 7 heteroatoms. The molecular formula is C24H15F2N3O2. The third-order valence-corrected chi connectivity index (χ3v) is 4.30. The van der Waals surface area contributed by atoms with E-state index in [0.29, 0.717) is 5.56 Å². The molecule has 1 heterocycles. The van der Waals surface area contributed by atoms with E-state index in [-0.39, 0.29) is 28.3 Å². The van der Waals surface area contributed by atoms with Crippen molar-refractivity contribution in [3.05, 3.63) is 107 Å². The number of carbonyl (C=O) groups is 1. The molecule has 0 atom stereocenters. The van der Waals surface area contributed by atoms with Crippen LogP contribution >= 0.6 is 0 Å². The fourth-order valence-corrected chi connectivity index (χ4v) is 2.93. The highest BCUT2D eigenvalue weighted by atomic mass is 19.3. The SMILES string of the molecule is N#CC(C#N)=C1C=CC=CN1C(=Cc1ccccc1OC(F)F)C(=O)c1ccccc1. The molecule has 1 aliphatic rings. The van der Waals surface area contributed by atoms with Gasteiger partial charge in [0.15, 0.2) is 5.57 Å². The molecule has 0 unspecified atom stereocenters. The average Bonchev–Trinajstić information content (AvgIpc) is 2.79. The lowest BCUT2D eigenvalue weighted by Gasteiger charge is -2.26. The van der Waals surface area contributed by atoms with Crippen LogP contribution in [-0.2, 0) is 0 Å². The van der Waals surface area contributed by atoms with Gasteiger partial charge in [-0.3, -0.25) is 4.79 Å². The van der Waals surface area contributed by atoms with Gasteiger partial charge in [-0.1, -0.05) is 54.6 Å². The van der Waals surface area contributed by atoms with Gasteiger partial charge in [0.1, 0.15) is 17.9 Å². The van der Waals surface area contributed by atoms with Crippen molar-refractivity contribution in [1.82, 2.24) is 4.90 Å². The van der Waals surface area contributed by atoms with Crippen LogP contribution in [0.1, 0.15) is 15.9 Å². The van der Waals surface area contributed by atoms with Gasteiger partial charge in [0, 0.05) is 17.3 Å². The first kappa shape index (κ1) is 21.2. The monoisotopic (exact) mass is 415 g/mol. The Morgan fingerprint density at radius 1 is 1.00 bits per heavy atom. The molecule has 31 heavy (non-hydrogen) atoms. The Balaban J connectivity index is 2.21. The Kier molecular flexibility index (Phi) is 6.72. The fourth-order valence-electron chi connectivity index (χ4n) is 2.93. The smallest absolute Gasteiger partial charge is 0.387 e. The normalized spacial score (nSPS) is 13.0. The summed E-state index contributed by atoms with van der Waals surface area (Å²) in [6.07, 6.45) is 7.69. The van der Waals surface area contributed by atoms with Gasteiger partial charge in [0.25, 0.3) is 0 Å². The molecule has 0 spiro atoms. The lowest BCUT2D eigenvalue weighted by molar-refractivity contribution is -0.0499. The minimum Gasteiger partial charge on any atom is -0.434 e. The van der Waals surface area contributed by atoms with Gasteiger partial charge < -0.3 is 9.64 Å². The van der Waals surface area contributed by atoms with Crippen LogP contribution in [0.3, 0.4) is 0 Å². The Bertz CT molecular complexity index is 1170. The summed E-state index contributed by atoms with van der Waals surface area (Å²) < 4.78 is 30.3. The van der Waals surface area contributed by atoms with Crippen molar-refractivity contribution in [3.63, 3.8) is 0 Å². The third-order valence-electron chi connectivity index (χ3n) is 4.30. The van der Waals surface area contributed by atoms with Crippen LogP contribution in [0.4, 0.5) is 8.78 Å². The van der Waals surface area contributed by atoms with Crippen molar-refractivity contribution in [3.8, 4) is 17.9 Å². The molecule has 0 aliphatic carbocycles. The van der Waals surface area contributed by atoms with Crippen LogP contribution in [0.25, 0.3) is 6.08 Å². The number of hydrogen-bond donors (Lipinski definition) is 0. The molecule has 0 saturated carbocycles. The standard InChI is InChI=1S/C24H15F2N3O2/c25-24(26)31-22-12-5-4-10-18(22)14-21(23(30)17-8-2-1-3-9-17)29-13-7-6-11-20(29)19(15-27)16-28/h1-14,24H. The second-order valence-electron chi connectivity index (χ2n) is 6.20. The Hall–Kier alpha value is -4.49. The highest BCUT2D eigenvalue weighted by Crippen LogP contribution is 2.29. The van der Waals surface area contributed by atoms with E-state index in [2.05, 4.69) is 4.74 Å². The topological polar surface area (TPSA) is 77.1 Å². The summed E-state index contributed by atoms with van der Waals surface area (Å²) in [5.74, 6) is -0.543. The summed E-state index contributed by atoms with van der Waals surface area (Å²) in [6, 6.07) is 18.0. The molecule has 0 radical (unpaired) electrons. The van der Waals surface area contributed by atoms with Crippen LogP contribution in [0.5, 0.6) is 5.75 Å². The van der Waals surface area contributed by atoms with E-state index in [1.165, 1.54) is 41.5 Å². The number of para-hydroxylation sites is 1. The summed E-state index contributed by atoms with van der Waals surface area (Å²) in [4.78, 5) is 14.8. The second-order valence-corrected chi connectivity index (χ2v) is 6.20. The van der Waals surface area contributed by atoms with Crippen molar-refractivity contribution in [1.29, 1.82) is 10.5 Å². The Labute approximate surface area is 177 Å². The molecule has 0 N–H and O–H groups in total. The summed E-state index contributed by atoms with van der Waals surface area (Å²) in [6.45, 7) is -3.04. The number of hydrogen-bond acceptors (Lipinski definition) is 5. The first-order chi connectivity index (χ1) is 15.0. The number of halogens is 2. The zero-order valence-corrected chi connectivity index (χ0v) is 16.1. The van der Waals surface area contributed by atoms with Crippen LogP contribution in [0.2, 0.25) is 0 Å². The number of carbonyl (C=O) groups excluding carboxylic acids is 1. The summed E-state index contributed by atoms with van der Waals surface area (Å²) in [5.41, 5.74) is 0.619. The van der Waals surface area contributed by atoms with Gasteiger partial charge in [-0.15, -0.1) is 0 Å². The molecule has 1 aliphatic heterocycles. The van der Waals surface area contributed by atoms with E-state index < -0.39 is 12.4 Å². The zero-order chi connectivity index (χ0) is 22.2. The number of allylic oxidation sites excluding steroid dienone is 5. The number of benzene rings is 2. The molecule has 0 bridgehead atoms. The summed E-state index contributed by atoms with van der Waals surface area (Å²) >= 11 is 0. The molecule has 5 nitrogen and oxygen atoms in total. The second kappa shape index (κ2) is 9.82. The van der Waals surface area contributed by atoms with E-state index in [4.69, 9.17) is 0 Å². The first-order valence-electron chi connectivity index (χ1n) is 9.09. The predicted molar refractivity (Wildman–Crippen MR) is 110 cm³/mol. The third kappa shape index (κ3) is 4.92. The first-order valence-corrected chi connectivity index (χ1v) is 9.09. The molecule has 2 aromatic rings. The van der Waals surface area contributed by atoms with Gasteiger partial charge in [-0.05, 0) is 24.3 Å². The van der Waals surface area contributed by atoms with Gasteiger partial charge >= 0.3 is 6.61 Å². The average molecular weight is 415 g/mol. The lowest BCUT2D eigenvalue weighted by Crippen LogP contribution is -2.24. The predicted octanol–water partition coefficient (Wildman–Crippen LogP) is 5.20. The van der Waals surface area contributed by atoms with Gasteiger partial charge in [-0.25, -0.2) is 0 Å². The van der Waals surface area contributed by atoms with Crippen molar-refractivity contribution in [2.24, 2.45) is 0 Å². The van der Waals surface area contributed by atoms with Crippen LogP contribution < -0.4 is 4.74 Å². The van der Waals surface area contributed by atoms with E-state index in [9.17, 15) is 24.1 Å². The number of ketones is 1. The lowest BCUT2D eigenvalue weighted by atomic mass is 10.0. The van der Waals surface area contributed by atoms with Crippen LogP contribution in [0.15, 0.2) is 96.0 Å². The van der Waals surface area contributed by atoms with E-state index in [1.54, 1.807) is 48.6 Å². The van der Waals surface area contributed by atoms with Crippen molar-refractivity contribution in [2.45, 2.75) is 6.61 Å². The minimum atomic E-state index is -3.04. The summed E-state index contributed by atoms with van der Waals surface area (Å²) in [7, 11) is 0. The van der Waals surface area contributed by atoms with Gasteiger partial charge in [0.2, 0.25) is 5.78 Å². The van der Waals surface area contributed by atoms with Crippen molar-refractivity contribution in [2.75, 3.05) is 0 Å². The Morgan fingerprint density at radius 3 is 2.35 bits per heavy atom. The number of rotatable bonds is 6. The number of Topliss-reactive ketones (excluding diaryl/α,β-unsaturated/α-hetero) is 1. The molecule has 0 saturated heterocycles.